The van der Waals surface area contributed by atoms with Crippen LogP contribution in [0.25, 0.3) is 0 Å². The molecule has 3 nitrogen and oxygen atoms in total. The van der Waals surface area contributed by atoms with Gasteiger partial charge in [-0.3, -0.25) is 0 Å². The van der Waals surface area contributed by atoms with Crippen LogP contribution in [-0.4, -0.2) is 14.2 Å². The van der Waals surface area contributed by atoms with E-state index in [2.05, 4.69) is 55.6 Å². The number of benzene rings is 2. The summed E-state index contributed by atoms with van der Waals surface area (Å²) in [5, 5.41) is 3.70. The van der Waals surface area contributed by atoms with Gasteiger partial charge in [-0.1, -0.05) is 29.8 Å². The van der Waals surface area contributed by atoms with Gasteiger partial charge >= 0.3 is 0 Å². The SMILES string of the molecule is COc1cc2c(cc1OC)[C@H](C)N[C@@H](c1ccc(C)cc1)C2. The van der Waals surface area contributed by atoms with E-state index in [4.69, 9.17) is 9.47 Å². The lowest BCUT2D eigenvalue weighted by Crippen LogP contribution is -2.31. The van der Waals surface area contributed by atoms with Crippen LogP contribution in [0.5, 0.6) is 11.5 Å². The molecule has 0 fully saturated rings. The van der Waals surface area contributed by atoms with Crippen molar-refractivity contribution in [3.05, 3.63) is 58.7 Å². The van der Waals surface area contributed by atoms with Gasteiger partial charge in [0.05, 0.1) is 14.2 Å². The average molecular weight is 297 g/mol. The van der Waals surface area contributed by atoms with Crippen molar-refractivity contribution in [2.45, 2.75) is 32.4 Å². The molecule has 2 atom stereocenters. The molecule has 3 rings (SSSR count). The summed E-state index contributed by atoms with van der Waals surface area (Å²) >= 11 is 0. The fourth-order valence-electron chi connectivity index (χ4n) is 3.20. The number of methoxy groups -OCH3 is 2. The number of aryl methyl sites for hydroxylation is 1. The minimum Gasteiger partial charge on any atom is -0.493 e. The fourth-order valence-corrected chi connectivity index (χ4v) is 3.20. The van der Waals surface area contributed by atoms with Gasteiger partial charge in [0, 0.05) is 12.1 Å². The molecule has 0 bridgehead atoms. The topological polar surface area (TPSA) is 30.5 Å². The molecule has 2 aromatic rings. The van der Waals surface area contributed by atoms with E-state index < -0.39 is 0 Å². The number of fused-ring (bicyclic) bond motifs is 1. The number of nitrogens with one attached hydrogen (secondary N) is 1. The molecule has 22 heavy (non-hydrogen) atoms. The first kappa shape index (κ1) is 14.9. The first-order valence-electron chi connectivity index (χ1n) is 7.69. The number of hydrogen-bond donors (Lipinski definition) is 1. The second kappa shape index (κ2) is 6.01. The molecule has 1 aliphatic heterocycles. The summed E-state index contributed by atoms with van der Waals surface area (Å²) in [6.07, 6.45) is 0.961. The zero-order chi connectivity index (χ0) is 15.7. The van der Waals surface area contributed by atoms with E-state index in [1.165, 1.54) is 22.3 Å². The predicted molar refractivity (Wildman–Crippen MR) is 88.7 cm³/mol. The third kappa shape index (κ3) is 2.69. The molecule has 0 saturated heterocycles. The Hall–Kier alpha value is -2.00. The maximum atomic E-state index is 5.45. The second-order valence-corrected chi connectivity index (χ2v) is 5.96. The summed E-state index contributed by atoms with van der Waals surface area (Å²) < 4.78 is 10.9. The molecule has 1 heterocycles. The van der Waals surface area contributed by atoms with E-state index in [1.54, 1.807) is 14.2 Å². The molecule has 2 aromatic carbocycles. The minimum atomic E-state index is 0.287. The Morgan fingerprint density at radius 1 is 1.00 bits per heavy atom. The molecule has 1 aliphatic rings. The highest BCUT2D eigenvalue weighted by Gasteiger charge is 2.26. The van der Waals surface area contributed by atoms with E-state index in [-0.39, 0.29) is 6.04 Å². The Balaban J connectivity index is 1.96. The van der Waals surface area contributed by atoms with Crippen LogP contribution in [-0.2, 0) is 6.42 Å². The van der Waals surface area contributed by atoms with Gasteiger partial charge in [-0.25, -0.2) is 0 Å². The highest BCUT2D eigenvalue weighted by molar-refractivity contribution is 5.50. The zero-order valence-electron chi connectivity index (χ0n) is 13.6. The fraction of sp³-hybridized carbons (Fsp3) is 0.368. The van der Waals surface area contributed by atoms with Gasteiger partial charge in [-0.05, 0) is 49.1 Å². The molecular weight excluding hydrogens is 274 g/mol. The third-order valence-electron chi connectivity index (χ3n) is 4.47. The number of hydrogen-bond acceptors (Lipinski definition) is 3. The van der Waals surface area contributed by atoms with E-state index in [0.717, 1.165) is 17.9 Å². The molecule has 0 radical (unpaired) electrons. The van der Waals surface area contributed by atoms with E-state index in [1.807, 2.05) is 0 Å². The molecule has 0 aromatic heterocycles. The van der Waals surface area contributed by atoms with Crippen molar-refractivity contribution in [1.29, 1.82) is 0 Å². The Bertz CT molecular complexity index is 664. The predicted octanol–water partition coefficient (Wildman–Crippen LogP) is 3.96. The van der Waals surface area contributed by atoms with Crippen LogP contribution in [0, 0.1) is 6.92 Å². The van der Waals surface area contributed by atoms with Gasteiger partial charge in [0.1, 0.15) is 0 Å². The molecule has 1 N–H and O–H groups in total. The zero-order valence-corrected chi connectivity index (χ0v) is 13.6. The van der Waals surface area contributed by atoms with Crippen molar-refractivity contribution >= 4 is 0 Å². The lowest BCUT2D eigenvalue weighted by molar-refractivity contribution is 0.350. The smallest absolute Gasteiger partial charge is 0.161 e. The molecule has 0 saturated carbocycles. The molecule has 0 aliphatic carbocycles. The standard InChI is InChI=1S/C19H23NO2/c1-12-5-7-14(8-6-12)17-9-15-10-18(21-3)19(22-4)11-16(15)13(2)20-17/h5-8,10-11,13,17,20H,9H2,1-4H3/t13-,17+/m0/s1. The normalized spacial score (nSPS) is 20.4. The van der Waals surface area contributed by atoms with Gasteiger partial charge in [-0.2, -0.15) is 0 Å². The Morgan fingerprint density at radius 3 is 2.27 bits per heavy atom. The van der Waals surface area contributed by atoms with Crippen molar-refractivity contribution in [2.75, 3.05) is 14.2 Å². The minimum absolute atomic E-state index is 0.287. The van der Waals surface area contributed by atoms with E-state index in [0.29, 0.717) is 6.04 Å². The number of ether oxygens (including phenoxy) is 2. The molecule has 0 amide bonds. The van der Waals surface area contributed by atoms with Gasteiger partial charge < -0.3 is 14.8 Å². The molecule has 3 heteroatoms. The largest absolute Gasteiger partial charge is 0.493 e. The van der Waals surface area contributed by atoms with Crippen LogP contribution in [0.15, 0.2) is 36.4 Å². The molecular formula is C19H23NO2. The maximum Gasteiger partial charge on any atom is 0.161 e. The van der Waals surface area contributed by atoms with Crippen LogP contribution in [0.4, 0.5) is 0 Å². The Kier molecular flexibility index (Phi) is 4.08. The van der Waals surface area contributed by atoms with Crippen LogP contribution >= 0.6 is 0 Å². The third-order valence-corrected chi connectivity index (χ3v) is 4.47. The summed E-state index contributed by atoms with van der Waals surface area (Å²) in [7, 11) is 3.37. The highest BCUT2D eigenvalue weighted by Crippen LogP contribution is 2.38. The van der Waals surface area contributed by atoms with Crippen LogP contribution in [0.2, 0.25) is 0 Å². The molecule has 0 unspecified atom stereocenters. The quantitative estimate of drug-likeness (QED) is 0.930. The lowest BCUT2D eigenvalue weighted by atomic mass is 9.87. The Morgan fingerprint density at radius 2 is 1.64 bits per heavy atom. The summed E-state index contributed by atoms with van der Waals surface area (Å²) in [4.78, 5) is 0. The lowest BCUT2D eigenvalue weighted by Gasteiger charge is -2.32. The van der Waals surface area contributed by atoms with Gasteiger partial charge in [-0.15, -0.1) is 0 Å². The molecule has 0 spiro atoms. The molecule has 116 valence electrons. The summed E-state index contributed by atoms with van der Waals surface area (Å²) in [6.45, 7) is 4.32. The highest BCUT2D eigenvalue weighted by atomic mass is 16.5. The van der Waals surface area contributed by atoms with Crippen LogP contribution in [0.1, 0.15) is 41.3 Å². The van der Waals surface area contributed by atoms with Crippen molar-refractivity contribution in [3.8, 4) is 11.5 Å². The summed E-state index contributed by atoms with van der Waals surface area (Å²) in [6, 6.07) is 13.6. The van der Waals surface area contributed by atoms with Gasteiger partial charge in [0.25, 0.3) is 0 Å². The van der Waals surface area contributed by atoms with Crippen molar-refractivity contribution < 1.29 is 9.47 Å². The second-order valence-electron chi connectivity index (χ2n) is 5.96. The Labute approximate surface area is 132 Å². The van der Waals surface area contributed by atoms with Crippen molar-refractivity contribution in [3.63, 3.8) is 0 Å². The van der Waals surface area contributed by atoms with E-state index >= 15 is 0 Å². The van der Waals surface area contributed by atoms with Crippen LogP contribution in [0.3, 0.4) is 0 Å². The first-order chi connectivity index (χ1) is 10.6. The summed E-state index contributed by atoms with van der Waals surface area (Å²) in [5.74, 6) is 1.60. The summed E-state index contributed by atoms with van der Waals surface area (Å²) in [5.41, 5.74) is 5.24. The first-order valence-corrected chi connectivity index (χ1v) is 7.69. The van der Waals surface area contributed by atoms with Crippen LogP contribution < -0.4 is 14.8 Å². The van der Waals surface area contributed by atoms with Gasteiger partial charge in [0.2, 0.25) is 0 Å². The van der Waals surface area contributed by atoms with Gasteiger partial charge in [0.15, 0.2) is 11.5 Å². The monoisotopic (exact) mass is 297 g/mol. The maximum absolute atomic E-state index is 5.45. The van der Waals surface area contributed by atoms with Crippen molar-refractivity contribution in [2.24, 2.45) is 0 Å². The van der Waals surface area contributed by atoms with Crippen molar-refractivity contribution in [1.82, 2.24) is 5.32 Å². The average Bonchev–Trinajstić information content (AvgIpc) is 2.54. The van der Waals surface area contributed by atoms with E-state index in [9.17, 15) is 0 Å². The number of rotatable bonds is 3.